The van der Waals surface area contributed by atoms with E-state index >= 15 is 0 Å². The lowest BCUT2D eigenvalue weighted by molar-refractivity contribution is -0.140. The van der Waals surface area contributed by atoms with Gasteiger partial charge in [-0.3, -0.25) is 9.59 Å². The van der Waals surface area contributed by atoms with Crippen LogP contribution in [0.3, 0.4) is 0 Å². The van der Waals surface area contributed by atoms with E-state index in [2.05, 4.69) is 0 Å². The topological polar surface area (TPSA) is 34.1 Å². The van der Waals surface area contributed by atoms with Crippen LogP contribution in [-0.2, 0) is 9.59 Å². The number of Topliss-reactive ketones (excluding diaryl/α,β-unsaturated/α-hetero) is 2. The van der Waals surface area contributed by atoms with E-state index in [0.717, 1.165) is 19.3 Å². The van der Waals surface area contributed by atoms with E-state index in [9.17, 15) is 9.59 Å². The average molecular weight is 138 g/mol. The number of carbonyl (C=O) groups is 2. The molecule has 2 atom stereocenters. The van der Waals surface area contributed by atoms with E-state index in [-0.39, 0.29) is 17.5 Å². The maximum atomic E-state index is 11.0. The molecule has 0 unspecified atom stereocenters. The summed E-state index contributed by atoms with van der Waals surface area (Å²) in [6.45, 7) is 0. The number of rotatable bonds is 0. The highest BCUT2D eigenvalue weighted by Gasteiger charge is 2.39. The van der Waals surface area contributed by atoms with Crippen molar-refractivity contribution in [3.8, 4) is 0 Å². The lowest BCUT2D eigenvalue weighted by Gasteiger charge is -2.14. The number of ketones is 2. The Morgan fingerprint density at radius 3 is 2.80 bits per heavy atom. The van der Waals surface area contributed by atoms with Gasteiger partial charge in [-0.2, -0.15) is 0 Å². The summed E-state index contributed by atoms with van der Waals surface area (Å²) in [5, 5.41) is 0. The molecule has 2 aliphatic rings. The Morgan fingerprint density at radius 1 is 1.20 bits per heavy atom. The molecule has 0 spiro atoms. The van der Waals surface area contributed by atoms with E-state index < -0.39 is 0 Å². The average Bonchev–Trinajstić information content (AvgIpc) is 2.29. The van der Waals surface area contributed by atoms with Crippen LogP contribution >= 0.6 is 0 Å². The van der Waals surface area contributed by atoms with Crippen molar-refractivity contribution in [2.45, 2.75) is 25.7 Å². The first-order chi connectivity index (χ1) is 4.77. The molecule has 0 aliphatic heterocycles. The summed E-state index contributed by atoms with van der Waals surface area (Å²) in [5.41, 5.74) is 0. The molecule has 2 saturated carbocycles. The molecule has 2 nitrogen and oxygen atoms in total. The fourth-order valence-electron chi connectivity index (χ4n) is 2.09. The van der Waals surface area contributed by atoms with E-state index in [1.165, 1.54) is 0 Å². The Labute approximate surface area is 59.6 Å². The zero-order valence-electron chi connectivity index (χ0n) is 5.80. The molecule has 2 fully saturated rings. The van der Waals surface area contributed by atoms with Crippen LogP contribution < -0.4 is 0 Å². The highest BCUT2D eigenvalue weighted by atomic mass is 16.2. The minimum Gasteiger partial charge on any atom is -0.291 e. The van der Waals surface area contributed by atoms with Gasteiger partial charge < -0.3 is 0 Å². The van der Waals surface area contributed by atoms with E-state index in [1.54, 1.807) is 0 Å². The van der Waals surface area contributed by atoms with Gasteiger partial charge >= 0.3 is 0 Å². The number of hydrogen-bond acceptors (Lipinski definition) is 2. The first-order valence-electron chi connectivity index (χ1n) is 3.84. The molecule has 54 valence electrons. The summed E-state index contributed by atoms with van der Waals surface area (Å²) in [6.07, 6.45) is 3.59. The first kappa shape index (κ1) is 6.08. The zero-order chi connectivity index (χ0) is 7.14. The van der Waals surface area contributed by atoms with E-state index in [0.29, 0.717) is 12.3 Å². The van der Waals surface area contributed by atoms with Gasteiger partial charge in [0.05, 0.1) is 0 Å². The summed E-state index contributed by atoms with van der Waals surface area (Å²) in [7, 11) is 0. The molecule has 2 heteroatoms. The molecule has 0 N–H and O–H groups in total. The van der Waals surface area contributed by atoms with Crippen molar-refractivity contribution in [3.63, 3.8) is 0 Å². The number of carbonyl (C=O) groups excluding carboxylic acids is 2. The fraction of sp³-hybridized carbons (Fsp3) is 0.750. The third-order valence-corrected chi connectivity index (χ3v) is 2.66. The van der Waals surface area contributed by atoms with Crippen LogP contribution in [0.5, 0.6) is 0 Å². The highest BCUT2D eigenvalue weighted by Crippen LogP contribution is 2.38. The molecule has 0 aromatic carbocycles. The van der Waals surface area contributed by atoms with Crippen LogP contribution in [0.1, 0.15) is 25.7 Å². The van der Waals surface area contributed by atoms with Crippen molar-refractivity contribution < 1.29 is 9.59 Å². The van der Waals surface area contributed by atoms with Crippen LogP contribution in [0, 0.1) is 11.8 Å². The van der Waals surface area contributed by atoms with Crippen LogP contribution in [0.2, 0.25) is 0 Å². The van der Waals surface area contributed by atoms with Crippen molar-refractivity contribution in [3.05, 3.63) is 0 Å². The van der Waals surface area contributed by atoms with Gasteiger partial charge in [0.1, 0.15) is 0 Å². The summed E-state index contributed by atoms with van der Waals surface area (Å²) in [5.74, 6) is 0.467. The predicted molar refractivity (Wildman–Crippen MR) is 35.5 cm³/mol. The lowest BCUT2D eigenvalue weighted by atomic mass is 9.87. The smallest absolute Gasteiger partial charge is 0.201 e. The Bertz CT molecular complexity index is 195. The van der Waals surface area contributed by atoms with Crippen molar-refractivity contribution in [1.82, 2.24) is 0 Å². The molecular formula is C8H10O2. The maximum Gasteiger partial charge on any atom is 0.201 e. The van der Waals surface area contributed by atoms with Gasteiger partial charge in [-0.05, 0) is 25.2 Å². The van der Waals surface area contributed by atoms with Crippen molar-refractivity contribution >= 4 is 11.6 Å². The summed E-state index contributed by atoms with van der Waals surface area (Å²) >= 11 is 0. The molecule has 0 radical (unpaired) electrons. The third-order valence-electron chi connectivity index (χ3n) is 2.66. The van der Waals surface area contributed by atoms with Crippen molar-refractivity contribution in [2.75, 3.05) is 0 Å². The van der Waals surface area contributed by atoms with E-state index in [4.69, 9.17) is 0 Å². The second kappa shape index (κ2) is 1.91. The molecule has 0 aromatic rings. The monoisotopic (exact) mass is 138 g/mol. The predicted octanol–water partition coefficient (Wildman–Crippen LogP) is 0.945. The van der Waals surface area contributed by atoms with Gasteiger partial charge in [-0.25, -0.2) is 0 Å². The number of hydrogen-bond donors (Lipinski definition) is 0. The summed E-state index contributed by atoms with van der Waals surface area (Å²) in [6, 6.07) is 0. The third kappa shape index (κ3) is 0.713. The quantitative estimate of drug-likeness (QED) is 0.467. The van der Waals surface area contributed by atoms with Crippen LogP contribution in [0.25, 0.3) is 0 Å². The molecule has 2 bridgehead atoms. The normalized spacial score (nSPS) is 38.8. The standard InChI is InChI=1S/C8H10O2/c9-7-4-5-1-2-6(3-5)8(7)10/h5-6H,1-4H2/t5-,6-/m0/s1. The molecular weight excluding hydrogens is 128 g/mol. The molecule has 2 aliphatic carbocycles. The lowest BCUT2D eigenvalue weighted by Crippen LogP contribution is -2.27. The van der Waals surface area contributed by atoms with Crippen LogP contribution in [0.15, 0.2) is 0 Å². The van der Waals surface area contributed by atoms with Crippen LogP contribution in [0.4, 0.5) is 0 Å². The van der Waals surface area contributed by atoms with Gasteiger partial charge in [0.2, 0.25) is 5.78 Å². The van der Waals surface area contributed by atoms with Crippen molar-refractivity contribution in [1.29, 1.82) is 0 Å². The SMILES string of the molecule is O=C1C[C@H]2CC[C@@H](C2)C1=O. The molecule has 0 amide bonds. The minimum absolute atomic E-state index is 0.0891. The van der Waals surface area contributed by atoms with Gasteiger partial charge in [-0.1, -0.05) is 0 Å². The zero-order valence-corrected chi connectivity index (χ0v) is 5.80. The maximum absolute atomic E-state index is 11.0. The Kier molecular flexibility index (Phi) is 1.16. The summed E-state index contributed by atoms with van der Waals surface area (Å²) in [4.78, 5) is 21.9. The van der Waals surface area contributed by atoms with Gasteiger partial charge in [0.15, 0.2) is 5.78 Å². The number of fused-ring (bicyclic) bond motifs is 2. The minimum atomic E-state index is -0.112. The van der Waals surface area contributed by atoms with Gasteiger partial charge in [0, 0.05) is 12.3 Å². The second-order valence-electron chi connectivity index (χ2n) is 3.37. The Morgan fingerprint density at radius 2 is 2.00 bits per heavy atom. The highest BCUT2D eigenvalue weighted by molar-refractivity contribution is 6.38. The van der Waals surface area contributed by atoms with Gasteiger partial charge in [-0.15, -0.1) is 0 Å². The Hall–Kier alpha value is -0.660. The second-order valence-corrected chi connectivity index (χ2v) is 3.37. The van der Waals surface area contributed by atoms with Crippen molar-refractivity contribution in [2.24, 2.45) is 11.8 Å². The summed E-state index contributed by atoms with van der Waals surface area (Å²) < 4.78 is 0. The Balaban J connectivity index is 2.24. The molecule has 10 heavy (non-hydrogen) atoms. The van der Waals surface area contributed by atoms with Crippen LogP contribution in [-0.4, -0.2) is 11.6 Å². The molecule has 2 rings (SSSR count). The first-order valence-corrected chi connectivity index (χ1v) is 3.84. The van der Waals surface area contributed by atoms with Gasteiger partial charge in [0.25, 0.3) is 0 Å². The molecule has 0 heterocycles. The largest absolute Gasteiger partial charge is 0.291 e. The molecule has 0 aromatic heterocycles. The fourth-order valence-corrected chi connectivity index (χ4v) is 2.09. The van der Waals surface area contributed by atoms with E-state index in [1.807, 2.05) is 0 Å². The molecule has 0 saturated heterocycles.